The number of hydrogen-bond acceptors (Lipinski definition) is 2. The third-order valence-corrected chi connectivity index (χ3v) is 6.46. The summed E-state index contributed by atoms with van der Waals surface area (Å²) in [7, 11) is 0. The molecule has 2 aliphatic rings. The highest BCUT2D eigenvalue weighted by Gasteiger charge is 2.63. The van der Waals surface area contributed by atoms with Crippen molar-refractivity contribution in [3.05, 3.63) is 24.3 Å². The maximum Gasteiger partial charge on any atom is 0.227 e. The third kappa shape index (κ3) is 4.60. The predicted octanol–water partition coefficient (Wildman–Crippen LogP) is 5.69. The molecule has 0 saturated carbocycles. The lowest BCUT2D eigenvalue weighted by Gasteiger charge is -2.61. The Kier molecular flexibility index (Phi) is 8.40. The van der Waals surface area contributed by atoms with E-state index in [9.17, 15) is 4.79 Å². The van der Waals surface area contributed by atoms with E-state index < -0.39 is 5.60 Å². The average molecular weight is 362 g/mol. The van der Waals surface area contributed by atoms with Crippen LogP contribution < -0.4 is 5.73 Å². The molecular formula is C23H39NO2. The van der Waals surface area contributed by atoms with Crippen LogP contribution in [0.25, 0.3) is 0 Å². The number of ether oxygens (including phenoxy) is 1. The van der Waals surface area contributed by atoms with Gasteiger partial charge in [0, 0.05) is 5.41 Å². The Hall–Kier alpha value is -1.09. The van der Waals surface area contributed by atoms with Gasteiger partial charge in [0.05, 0.1) is 12.5 Å². The van der Waals surface area contributed by atoms with Crippen LogP contribution in [0.4, 0.5) is 0 Å². The van der Waals surface area contributed by atoms with Crippen LogP contribution in [0.2, 0.25) is 0 Å². The molecule has 1 heterocycles. The van der Waals surface area contributed by atoms with Crippen molar-refractivity contribution in [2.75, 3.05) is 6.61 Å². The van der Waals surface area contributed by atoms with Gasteiger partial charge in [-0.25, -0.2) is 0 Å². The van der Waals surface area contributed by atoms with Crippen LogP contribution in [0.3, 0.4) is 0 Å². The second-order valence-corrected chi connectivity index (χ2v) is 8.31. The van der Waals surface area contributed by atoms with Gasteiger partial charge < -0.3 is 10.5 Å². The van der Waals surface area contributed by atoms with Gasteiger partial charge in [0.25, 0.3) is 0 Å². The zero-order valence-electron chi connectivity index (χ0n) is 17.0. The van der Waals surface area contributed by atoms with Gasteiger partial charge in [-0.3, -0.25) is 4.79 Å². The van der Waals surface area contributed by atoms with Crippen LogP contribution >= 0.6 is 0 Å². The summed E-state index contributed by atoms with van der Waals surface area (Å²) < 4.78 is 6.16. The van der Waals surface area contributed by atoms with E-state index in [-0.39, 0.29) is 17.2 Å². The fourth-order valence-electron chi connectivity index (χ4n) is 4.81. The largest absolute Gasteiger partial charge is 0.369 e. The highest BCUT2D eigenvalue weighted by atomic mass is 16.5. The van der Waals surface area contributed by atoms with Crippen LogP contribution in [-0.2, 0) is 9.53 Å². The number of nitrogens with two attached hydrogens (primary N) is 1. The number of rotatable bonds is 13. The molecule has 26 heavy (non-hydrogen) atoms. The van der Waals surface area contributed by atoms with Gasteiger partial charge in [-0.05, 0) is 12.8 Å². The van der Waals surface area contributed by atoms with E-state index in [1.54, 1.807) is 0 Å². The summed E-state index contributed by atoms with van der Waals surface area (Å²) in [5.41, 5.74) is 5.33. The van der Waals surface area contributed by atoms with Gasteiger partial charge in [0.15, 0.2) is 0 Å². The van der Waals surface area contributed by atoms with Crippen molar-refractivity contribution in [2.45, 2.75) is 96.5 Å². The second-order valence-electron chi connectivity index (χ2n) is 8.31. The van der Waals surface area contributed by atoms with Crippen LogP contribution in [0, 0.1) is 11.3 Å². The molecule has 1 spiro atoms. The number of hydrogen-bond donors (Lipinski definition) is 1. The van der Waals surface area contributed by atoms with Crippen molar-refractivity contribution in [1.29, 1.82) is 0 Å². The molecule has 1 fully saturated rings. The molecular weight excluding hydrogens is 322 g/mol. The van der Waals surface area contributed by atoms with Gasteiger partial charge in [0.2, 0.25) is 5.91 Å². The van der Waals surface area contributed by atoms with Crippen molar-refractivity contribution in [1.82, 2.24) is 0 Å². The Bertz CT molecular complexity index is 498. The maximum atomic E-state index is 12.1. The van der Waals surface area contributed by atoms with Gasteiger partial charge in [-0.1, -0.05) is 102 Å². The summed E-state index contributed by atoms with van der Waals surface area (Å²) in [5.74, 6) is -0.585. The highest BCUT2D eigenvalue weighted by molar-refractivity contribution is 5.81. The van der Waals surface area contributed by atoms with E-state index in [0.29, 0.717) is 0 Å². The number of amides is 1. The van der Waals surface area contributed by atoms with Crippen molar-refractivity contribution in [2.24, 2.45) is 17.1 Å². The lowest BCUT2D eigenvalue weighted by molar-refractivity contribution is -0.262. The third-order valence-electron chi connectivity index (χ3n) is 6.46. The first kappa shape index (κ1) is 21.2. The smallest absolute Gasteiger partial charge is 0.227 e. The van der Waals surface area contributed by atoms with Crippen LogP contribution in [-0.4, -0.2) is 18.1 Å². The minimum Gasteiger partial charge on any atom is -0.369 e. The van der Waals surface area contributed by atoms with E-state index in [0.717, 1.165) is 19.4 Å². The molecule has 0 bridgehead atoms. The first-order chi connectivity index (χ1) is 12.6. The highest BCUT2D eigenvalue weighted by Crippen LogP contribution is 2.57. The topological polar surface area (TPSA) is 52.3 Å². The number of primary amides is 1. The normalized spacial score (nSPS) is 29.8. The molecule has 1 aliphatic carbocycles. The van der Waals surface area contributed by atoms with Gasteiger partial charge >= 0.3 is 0 Å². The molecule has 2 rings (SSSR count). The molecule has 0 aromatic rings. The summed E-state index contributed by atoms with van der Waals surface area (Å²) in [6, 6.07) is 0. The molecule has 3 atom stereocenters. The lowest BCUT2D eigenvalue weighted by Crippen LogP contribution is -2.67. The fraction of sp³-hybridized carbons (Fsp3) is 0.783. The summed E-state index contributed by atoms with van der Waals surface area (Å²) in [6.07, 6.45) is 23.2. The average Bonchev–Trinajstić information content (AvgIpc) is 2.65. The lowest BCUT2D eigenvalue weighted by atomic mass is 9.56. The van der Waals surface area contributed by atoms with E-state index in [1.165, 1.54) is 64.2 Å². The second kappa shape index (κ2) is 10.3. The van der Waals surface area contributed by atoms with Crippen LogP contribution in [0.1, 0.15) is 90.9 Å². The van der Waals surface area contributed by atoms with E-state index in [4.69, 9.17) is 10.5 Å². The molecule has 3 unspecified atom stereocenters. The summed E-state index contributed by atoms with van der Waals surface area (Å²) in [6.45, 7) is 5.28. The number of unbranched alkanes of at least 4 members (excludes halogenated alkanes) is 8. The minimum absolute atomic E-state index is 0.0758. The zero-order valence-corrected chi connectivity index (χ0v) is 17.0. The fourth-order valence-corrected chi connectivity index (χ4v) is 4.81. The number of allylic oxidation sites excluding steroid dienone is 2. The molecule has 1 amide bonds. The molecule has 148 valence electrons. The summed E-state index contributed by atoms with van der Waals surface area (Å²) in [4.78, 5) is 12.1. The first-order valence-corrected chi connectivity index (χ1v) is 10.9. The first-order valence-electron chi connectivity index (χ1n) is 10.9. The van der Waals surface area contributed by atoms with E-state index in [2.05, 4.69) is 19.9 Å². The van der Waals surface area contributed by atoms with Crippen molar-refractivity contribution in [3.63, 3.8) is 0 Å². The van der Waals surface area contributed by atoms with Crippen molar-refractivity contribution < 1.29 is 9.53 Å². The maximum absolute atomic E-state index is 12.1. The number of carbonyl (C=O) groups excluding carboxylic acids is 1. The minimum atomic E-state index is -0.497. The SMILES string of the molecule is CCCCCCCCC1(CCCCCC)COC12C=CC=CC2C(N)=O. The molecule has 2 N–H and O–H groups in total. The molecule has 0 aromatic carbocycles. The Morgan fingerprint density at radius 3 is 2.08 bits per heavy atom. The summed E-state index contributed by atoms with van der Waals surface area (Å²) in [5, 5.41) is 0. The predicted molar refractivity (Wildman–Crippen MR) is 109 cm³/mol. The zero-order chi connectivity index (χ0) is 18.9. The molecule has 1 saturated heterocycles. The van der Waals surface area contributed by atoms with Gasteiger partial charge in [-0.2, -0.15) is 0 Å². The molecule has 3 nitrogen and oxygen atoms in total. The molecule has 0 radical (unpaired) electrons. The van der Waals surface area contributed by atoms with E-state index >= 15 is 0 Å². The van der Waals surface area contributed by atoms with Crippen molar-refractivity contribution in [3.8, 4) is 0 Å². The Morgan fingerprint density at radius 2 is 1.54 bits per heavy atom. The Morgan fingerprint density at radius 1 is 0.962 bits per heavy atom. The quantitative estimate of drug-likeness (QED) is 0.428. The van der Waals surface area contributed by atoms with E-state index in [1.807, 2.05) is 18.2 Å². The van der Waals surface area contributed by atoms with Gasteiger partial charge in [-0.15, -0.1) is 0 Å². The molecule has 0 aromatic heterocycles. The van der Waals surface area contributed by atoms with Crippen LogP contribution in [0.5, 0.6) is 0 Å². The summed E-state index contributed by atoms with van der Waals surface area (Å²) >= 11 is 0. The monoisotopic (exact) mass is 361 g/mol. The van der Waals surface area contributed by atoms with Crippen LogP contribution in [0.15, 0.2) is 24.3 Å². The Balaban J connectivity index is 2.04. The Labute approximate surface area is 160 Å². The number of carbonyl (C=O) groups is 1. The molecule has 3 heteroatoms. The van der Waals surface area contributed by atoms with Gasteiger partial charge in [0.1, 0.15) is 5.60 Å². The molecule has 1 aliphatic heterocycles. The standard InChI is InChI=1S/C23H39NO2/c1-3-5-7-9-10-13-17-22(16-12-8-6-4-2)19-26-23(22)18-14-11-15-20(23)21(24)25/h11,14-15,18,20H,3-10,12-13,16-17,19H2,1-2H3,(H2,24,25). The van der Waals surface area contributed by atoms with Crippen molar-refractivity contribution >= 4 is 5.91 Å².